The van der Waals surface area contributed by atoms with Crippen molar-refractivity contribution in [1.82, 2.24) is 0 Å². The molecule has 64 valence electrons. The Balaban J connectivity index is 2.83. The number of carboxylic acid groups (broad SMARTS) is 1. The fraction of sp³-hybridized carbons (Fsp3) is 0.125. The summed E-state index contributed by atoms with van der Waals surface area (Å²) in [5.41, 5.74) is 1.13. The van der Waals surface area contributed by atoms with Gasteiger partial charge >= 0.3 is 5.97 Å². The van der Waals surface area contributed by atoms with Gasteiger partial charge in [0.05, 0.1) is 3.79 Å². The van der Waals surface area contributed by atoms with Gasteiger partial charge in [0.2, 0.25) is 0 Å². The molecule has 0 unspecified atom stereocenters. The minimum absolute atomic E-state index is 0.919. The molecule has 0 aromatic carbocycles. The minimum Gasteiger partial charge on any atom is -0.478 e. The zero-order chi connectivity index (χ0) is 9.14. The molecule has 0 aliphatic heterocycles. The molecule has 4 heteroatoms. The first kappa shape index (κ1) is 9.48. The summed E-state index contributed by atoms with van der Waals surface area (Å²) < 4.78 is 1.05. The number of carboxylic acids is 1. The normalized spacial score (nSPS) is 10.8. The van der Waals surface area contributed by atoms with Gasteiger partial charge in [-0.1, -0.05) is 0 Å². The van der Waals surface area contributed by atoms with Gasteiger partial charge < -0.3 is 5.11 Å². The highest BCUT2D eigenvalue weighted by Gasteiger charge is 1.99. The first-order valence-corrected chi connectivity index (χ1v) is 4.87. The lowest BCUT2D eigenvalue weighted by atomic mass is 10.3. The quantitative estimate of drug-likeness (QED) is 0.816. The lowest BCUT2D eigenvalue weighted by Crippen LogP contribution is -1.84. The third kappa shape index (κ3) is 2.46. The van der Waals surface area contributed by atoms with E-state index >= 15 is 0 Å². The number of hydrogen-bond donors (Lipinski definition) is 1. The molecule has 1 aromatic rings. The summed E-state index contributed by atoms with van der Waals surface area (Å²) in [6.45, 7) is 1.97. The first-order valence-electron chi connectivity index (χ1n) is 3.26. The molecule has 12 heavy (non-hydrogen) atoms. The Kier molecular flexibility index (Phi) is 3.05. The molecule has 0 saturated carbocycles. The number of aryl methyl sites for hydroxylation is 1. The molecule has 0 radical (unpaired) electrons. The second-order valence-corrected chi connectivity index (χ2v) is 4.68. The van der Waals surface area contributed by atoms with Crippen molar-refractivity contribution in [2.24, 2.45) is 0 Å². The maximum atomic E-state index is 10.2. The Morgan fingerprint density at radius 1 is 1.75 bits per heavy atom. The molecule has 1 heterocycles. The van der Waals surface area contributed by atoms with Crippen LogP contribution in [0.2, 0.25) is 0 Å². The maximum Gasteiger partial charge on any atom is 0.328 e. The molecule has 1 rings (SSSR count). The van der Waals surface area contributed by atoms with Crippen LogP contribution in [0.1, 0.15) is 10.4 Å². The topological polar surface area (TPSA) is 37.3 Å². The van der Waals surface area contributed by atoms with Crippen LogP contribution in [0.4, 0.5) is 0 Å². The van der Waals surface area contributed by atoms with Crippen molar-refractivity contribution in [3.63, 3.8) is 0 Å². The Hall–Kier alpha value is -0.610. The second-order valence-electron chi connectivity index (χ2n) is 2.28. The van der Waals surface area contributed by atoms with Crippen molar-refractivity contribution in [3.8, 4) is 0 Å². The number of rotatable bonds is 2. The van der Waals surface area contributed by atoms with E-state index in [2.05, 4.69) is 15.9 Å². The summed E-state index contributed by atoms with van der Waals surface area (Å²) in [5.74, 6) is -0.919. The first-order chi connectivity index (χ1) is 5.59. The highest BCUT2D eigenvalue weighted by atomic mass is 79.9. The van der Waals surface area contributed by atoms with Gasteiger partial charge in [0, 0.05) is 11.0 Å². The van der Waals surface area contributed by atoms with E-state index in [1.807, 2.05) is 13.0 Å². The van der Waals surface area contributed by atoms with E-state index in [4.69, 9.17) is 5.11 Å². The molecule has 0 saturated heterocycles. The zero-order valence-corrected chi connectivity index (χ0v) is 8.78. The smallest absolute Gasteiger partial charge is 0.328 e. The monoisotopic (exact) mass is 246 g/mol. The lowest BCUT2D eigenvalue weighted by molar-refractivity contribution is -0.131. The Morgan fingerprint density at radius 3 is 2.83 bits per heavy atom. The molecule has 0 atom stereocenters. The standard InChI is InChI=1S/C8H7BrO2S/c1-5-4-6(12-8(5)9)2-3-7(10)11/h2-4H,1H3,(H,10,11). The van der Waals surface area contributed by atoms with Gasteiger partial charge in [0.1, 0.15) is 0 Å². The number of thiophene rings is 1. The van der Waals surface area contributed by atoms with E-state index in [0.717, 1.165) is 20.3 Å². The molecule has 0 aliphatic rings. The predicted molar refractivity (Wildman–Crippen MR) is 53.4 cm³/mol. The molecule has 0 fully saturated rings. The van der Waals surface area contributed by atoms with Crippen molar-refractivity contribution in [3.05, 3.63) is 26.4 Å². The van der Waals surface area contributed by atoms with Crippen LogP contribution >= 0.6 is 27.3 Å². The van der Waals surface area contributed by atoms with E-state index in [1.54, 1.807) is 6.08 Å². The predicted octanol–water partition coefficient (Wildman–Crippen LogP) is 2.92. The molecule has 0 amide bonds. The van der Waals surface area contributed by atoms with Crippen LogP contribution in [0.5, 0.6) is 0 Å². The average molecular weight is 247 g/mol. The Morgan fingerprint density at radius 2 is 2.42 bits per heavy atom. The summed E-state index contributed by atoms with van der Waals surface area (Å²) >= 11 is 4.88. The van der Waals surface area contributed by atoms with Crippen LogP contribution in [-0.4, -0.2) is 11.1 Å². The van der Waals surface area contributed by atoms with Crippen molar-refractivity contribution in [2.45, 2.75) is 6.92 Å². The Labute approximate surface area is 82.7 Å². The highest BCUT2D eigenvalue weighted by Crippen LogP contribution is 2.27. The summed E-state index contributed by atoms with van der Waals surface area (Å²) in [4.78, 5) is 11.1. The molecular weight excluding hydrogens is 240 g/mol. The largest absolute Gasteiger partial charge is 0.478 e. The fourth-order valence-electron chi connectivity index (χ4n) is 0.719. The molecule has 1 aromatic heterocycles. The van der Waals surface area contributed by atoms with Crippen LogP contribution in [0, 0.1) is 6.92 Å². The number of carbonyl (C=O) groups is 1. The third-order valence-electron chi connectivity index (χ3n) is 1.27. The van der Waals surface area contributed by atoms with Gasteiger partial charge in [-0.25, -0.2) is 4.79 Å². The van der Waals surface area contributed by atoms with Crippen molar-refractivity contribution >= 4 is 39.3 Å². The van der Waals surface area contributed by atoms with Gasteiger partial charge in [-0.3, -0.25) is 0 Å². The molecule has 0 spiro atoms. The van der Waals surface area contributed by atoms with Crippen molar-refractivity contribution < 1.29 is 9.90 Å². The lowest BCUT2D eigenvalue weighted by Gasteiger charge is -1.79. The van der Waals surface area contributed by atoms with Gasteiger partial charge in [-0.05, 0) is 40.6 Å². The summed E-state index contributed by atoms with van der Waals surface area (Å²) in [6.07, 6.45) is 2.72. The molecule has 1 N–H and O–H groups in total. The number of halogens is 1. The van der Waals surface area contributed by atoms with E-state index in [0.29, 0.717) is 0 Å². The van der Waals surface area contributed by atoms with E-state index in [1.165, 1.54) is 11.3 Å². The van der Waals surface area contributed by atoms with Crippen LogP contribution in [-0.2, 0) is 4.79 Å². The maximum absolute atomic E-state index is 10.2. The van der Waals surface area contributed by atoms with Gasteiger partial charge in [-0.15, -0.1) is 11.3 Å². The minimum atomic E-state index is -0.919. The van der Waals surface area contributed by atoms with Crippen molar-refractivity contribution in [1.29, 1.82) is 0 Å². The molecule has 2 nitrogen and oxygen atoms in total. The van der Waals surface area contributed by atoms with Crippen LogP contribution in [0.3, 0.4) is 0 Å². The van der Waals surface area contributed by atoms with Crippen molar-refractivity contribution in [2.75, 3.05) is 0 Å². The van der Waals surface area contributed by atoms with E-state index < -0.39 is 5.97 Å². The van der Waals surface area contributed by atoms with Crippen LogP contribution in [0.15, 0.2) is 15.9 Å². The van der Waals surface area contributed by atoms with Crippen LogP contribution in [0.25, 0.3) is 6.08 Å². The SMILES string of the molecule is Cc1cc(C=CC(=O)O)sc1Br. The number of hydrogen-bond acceptors (Lipinski definition) is 2. The average Bonchev–Trinajstić information content (AvgIpc) is 2.28. The third-order valence-corrected chi connectivity index (χ3v) is 3.37. The summed E-state index contributed by atoms with van der Waals surface area (Å²) in [5, 5.41) is 8.36. The highest BCUT2D eigenvalue weighted by molar-refractivity contribution is 9.11. The van der Waals surface area contributed by atoms with Gasteiger partial charge in [-0.2, -0.15) is 0 Å². The fourth-order valence-corrected chi connectivity index (χ4v) is 2.19. The molecule has 0 aliphatic carbocycles. The van der Waals surface area contributed by atoms with Crippen LogP contribution < -0.4 is 0 Å². The number of aliphatic carboxylic acids is 1. The zero-order valence-electron chi connectivity index (χ0n) is 6.37. The Bertz CT molecular complexity index is 308. The molecular formula is C8H7BrO2S. The van der Waals surface area contributed by atoms with E-state index in [9.17, 15) is 4.79 Å². The summed E-state index contributed by atoms with van der Waals surface area (Å²) in [6, 6.07) is 1.94. The second kappa shape index (κ2) is 3.87. The molecule has 0 bridgehead atoms. The van der Waals surface area contributed by atoms with Gasteiger partial charge in [0.15, 0.2) is 0 Å². The summed E-state index contributed by atoms with van der Waals surface area (Å²) in [7, 11) is 0. The van der Waals surface area contributed by atoms with E-state index in [-0.39, 0.29) is 0 Å². The van der Waals surface area contributed by atoms with Gasteiger partial charge in [0.25, 0.3) is 0 Å².